The predicted molar refractivity (Wildman–Crippen MR) is 71.2 cm³/mol. The van der Waals surface area contributed by atoms with Crippen LogP contribution in [0.3, 0.4) is 0 Å². The van der Waals surface area contributed by atoms with Crippen molar-refractivity contribution in [2.75, 3.05) is 0 Å². The summed E-state index contributed by atoms with van der Waals surface area (Å²) in [7, 11) is 0. The van der Waals surface area contributed by atoms with Gasteiger partial charge < -0.3 is 0 Å². The summed E-state index contributed by atoms with van der Waals surface area (Å²) in [5.74, 6) is 1.40. The summed E-state index contributed by atoms with van der Waals surface area (Å²) in [5, 5.41) is 0. The molecule has 2 aliphatic carbocycles. The van der Waals surface area contributed by atoms with Gasteiger partial charge in [0.2, 0.25) is 0 Å². The van der Waals surface area contributed by atoms with Gasteiger partial charge in [0.1, 0.15) is 0 Å². The van der Waals surface area contributed by atoms with Gasteiger partial charge in [0, 0.05) is 0 Å². The van der Waals surface area contributed by atoms with Crippen molar-refractivity contribution in [2.24, 2.45) is 11.8 Å². The van der Waals surface area contributed by atoms with Crippen molar-refractivity contribution in [3.63, 3.8) is 0 Å². The first kappa shape index (κ1) is 13.1. The number of hydrogen-bond donors (Lipinski definition) is 0. The summed E-state index contributed by atoms with van der Waals surface area (Å²) < 4.78 is 3.55. The van der Waals surface area contributed by atoms with E-state index >= 15 is 0 Å². The van der Waals surface area contributed by atoms with Crippen molar-refractivity contribution in [3.8, 4) is 0 Å². The minimum absolute atomic E-state index is 0.0443. The average Bonchev–Trinajstić information content (AvgIpc) is 2.86. The van der Waals surface area contributed by atoms with E-state index in [1.807, 2.05) is 0 Å². The van der Waals surface area contributed by atoms with Crippen LogP contribution in [-0.4, -0.2) is 0 Å². The molecule has 2 aliphatic rings. The second-order valence-electron chi connectivity index (χ2n) is 5.27. The van der Waals surface area contributed by atoms with Crippen LogP contribution in [0, 0.1) is 11.8 Å². The minimum atomic E-state index is -0.0443. The first-order valence-electron chi connectivity index (χ1n) is 6.49. The third-order valence-corrected chi connectivity index (χ3v) is 7.02. The summed E-state index contributed by atoms with van der Waals surface area (Å²) in [6.45, 7) is 9.28. The van der Waals surface area contributed by atoms with Gasteiger partial charge in [0.25, 0.3) is 0 Å². The van der Waals surface area contributed by atoms with Crippen LogP contribution < -0.4 is 0 Å². The van der Waals surface area contributed by atoms with Crippen LogP contribution in [0.5, 0.6) is 0 Å². The average molecular weight is 407 g/mol. The molecule has 0 aromatic carbocycles. The molecule has 0 atom stereocenters. The first-order valence-corrected chi connectivity index (χ1v) is 8.88. The summed E-state index contributed by atoms with van der Waals surface area (Å²) >= 11 is -0.0443. The Morgan fingerprint density at radius 2 is 1.24 bits per heavy atom. The van der Waals surface area contributed by atoms with Gasteiger partial charge in [-0.15, -0.1) is 0 Å². The van der Waals surface area contributed by atoms with E-state index in [0.29, 0.717) is 11.8 Å². The van der Waals surface area contributed by atoms with Gasteiger partial charge in [-0.25, -0.2) is 0 Å². The van der Waals surface area contributed by atoms with Crippen molar-refractivity contribution in [1.29, 1.82) is 0 Å². The molecule has 0 amide bonds. The molecule has 17 heavy (non-hydrogen) atoms. The molecule has 0 saturated heterocycles. The SMILES string of the molecule is CC(C)C1=[C]([Ir][C]2=C(C(C)C)C=CC2)CC=C1. The summed E-state index contributed by atoms with van der Waals surface area (Å²) in [6, 6.07) is 0. The molecule has 0 N–H and O–H groups in total. The number of hydrogen-bond acceptors (Lipinski definition) is 0. The van der Waals surface area contributed by atoms with Crippen LogP contribution in [0.1, 0.15) is 40.5 Å². The molecule has 2 rings (SSSR count). The van der Waals surface area contributed by atoms with Crippen LogP contribution >= 0.6 is 0 Å². The number of rotatable bonds is 4. The van der Waals surface area contributed by atoms with E-state index in [1.54, 1.807) is 19.3 Å². The zero-order chi connectivity index (χ0) is 12.4. The maximum absolute atomic E-state index is 2.36. The normalized spacial score (nSPS) is 19.9. The van der Waals surface area contributed by atoms with Gasteiger partial charge in [-0.3, -0.25) is 0 Å². The molecule has 0 fully saturated rings. The van der Waals surface area contributed by atoms with Crippen molar-refractivity contribution < 1.29 is 17.7 Å². The second kappa shape index (κ2) is 5.50. The fourth-order valence-electron chi connectivity index (χ4n) is 2.25. The van der Waals surface area contributed by atoms with Gasteiger partial charge in [-0.2, -0.15) is 0 Å². The second-order valence-corrected chi connectivity index (χ2v) is 8.76. The van der Waals surface area contributed by atoms with E-state index in [-0.39, 0.29) is 17.7 Å². The molecule has 0 heterocycles. The Labute approximate surface area is 114 Å². The van der Waals surface area contributed by atoms with Crippen LogP contribution in [0.4, 0.5) is 0 Å². The Kier molecular flexibility index (Phi) is 4.22. The Bertz CT molecular complexity index is 377. The summed E-state index contributed by atoms with van der Waals surface area (Å²) in [4.78, 5) is 0. The molecular formula is C16H22Ir. The van der Waals surface area contributed by atoms with Crippen molar-refractivity contribution in [3.05, 3.63) is 43.6 Å². The van der Waals surface area contributed by atoms with Gasteiger partial charge in [0.05, 0.1) is 0 Å². The van der Waals surface area contributed by atoms with Crippen LogP contribution in [-0.2, 0) is 17.7 Å². The third-order valence-electron chi connectivity index (χ3n) is 3.22. The van der Waals surface area contributed by atoms with E-state index in [0.717, 1.165) is 0 Å². The quantitative estimate of drug-likeness (QED) is 0.629. The summed E-state index contributed by atoms with van der Waals surface area (Å²) in [6.07, 6.45) is 11.9. The Morgan fingerprint density at radius 3 is 1.59 bits per heavy atom. The van der Waals surface area contributed by atoms with Gasteiger partial charge in [-0.05, 0) is 0 Å². The zero-order valence-electron chi connectivity index (χ0n) is 11.2. The van der Waals surface area contributed by atoms with Gasteiger partial charge in [0.15, 0.2) is 0 Å². The summed E-state index contributed by atoms with van der Waals surface area (Å²) in [5.41, 5.74) is 3.26. The van der Waals surface area contributed by atoms with E-state index in [4.69, 9.17) is 0 Å². The van der Waals surface area contributed by atoms with Crippen molar-refractivity contribution in [1.82, 2.24) is 0 Å². The van der Waals surface area contributed by atoms with Crippen LogP contribution in [0.15, 0.2) is 43.6 Å². The van der Waals surface area contributed by atoms with Crippen molar-refractivity contribution in [2.45, 2.75) is 40.5 Å². The molecule has 0 saturated carbocycles. The number of allylic oxidation sites excluding steroid dienone is 8. The van der Waals surface area contributed by atoms with Crippen molar-refractivity contribution >= 4 is 0 Å². The monoisotopic (exact) mass is 407 g/mol. The zero-order valence-corrected chi connectivity index (χ0v) is 13.6. The predicted octanol–water partition coefficient (Wildman–Crippen LogP) is 4.81. The van der Waals surface area contributed by atoms with Gasteiger partial charge >= 0.3 is 114 Å². The first-order chi connectivity index (χ1) is 8.09. The molecule has 1 heteroatoms. The molecule has 95 valence electrons. The topological polar surface area (TPSA) is 0 Å². The molecule has 0 aromatic heterocycles. The Hall–Kier alpha value is -0.391. The van der Waals surface area contributed by atoms with Gasteiger partial charge in [-0.1, -0.05) is 0 Å². The van der Waals surface area contributed by atoms with E-state index in [2.05, 4.69) is 52.0 Å². The molecule has 0 spiro atoms. The standard InChI is InChI=1S/2C8H11.Ir/c2*1-7(2)8-5-3-4-6-8;/h2*3,5,7H,4H2,1-2H3;. The molecular weight excluding hydrogens is 384 g/mol. The van der Waals surface area contributed by atoms with Crippen LogP contribution in [0.25, 0.3) is 0 Å². The fraction of sp³-hybridized carbons (Fsp3) is 0.500. The molecule has 0 nitrogen and oxygen atoms in total. The Balaban J connectivity index is 2.18. The van der Waals surface area contributed by atoms with E-state index in [1.165, 1.54) is 12.8 Å². The van der Waals surface area contributed by atoms with Crippen LogP contribution in [0.2, 0.25) is 0 Å². The molecule has 0 unspecified atom stereocenters. The third kappa shape index (κ3) is 2.89. The molecule has 0 aromatic rings. The fourth-order valence-corrected chi connectivity index (χ4v) is 6.65. The van der Waals surface area contributed by atoms with E-state index < -0.39 is 0 Å². The molecule has 0 bridgehead atoms. The molecule has 0 radical (unpaired) electrons. The maximum atomic E-state index is 2.36. The molecule has 0 aliphatic heterocycles. The Morgan fingerprint density at radius 1 is 0.824 bits per heavy atom. The van der Waals surface area contributed by atoms with E-state index in [9.17, 15) is 0 Å².